The number of aromatic nitrogens is 1. The molecule has 0 spiro atoms. The van der Waals surface area contributed by atoms with Gasteiger partial charge in [0.25, 0.3) is 5.91 Å². The predicted molar refractivity (Wildman–Crippen MR) is 144 cm³/mol. The average Bonchev–Trinajstić information content (AvgIpc) is 3.15. The maximum absolute atomic E-state index is 12.6. The minimum Gasteiger partial charge on any atom is -0.341 e. The van der Waals surface area contributed by atoms with Crippen LogP contribution in [0, 0.1) is 0 Å². The van der Waals surface area contributed by atoms with Crippen molar-refractivity contribution in [1.82, 2.24) is 9.99 Å². The Labute approximate surface area is 206 Å². The molecule has 2 N–H and O–H groups in total. The molecule has 0 fully saturated rings. The van der Waals surface area contributed by atoms with E-state index in [1.54, 1.807) is 19.1 Å². The second-order valence-electron chi connectivity index (χ2n) is 9.83. The lowest BCUT2D eigenvalue weighted by Gasteiger charge is -2.18. The Morgan fingerprint density at radius 1 is 0.914 bits per heavy atom. The first kappa shape index (κ1) is 24.2. The summed E-state index contributed by atoms with van der Waals surface area (Å²) in [7, 11) is 0. The number of hydrogen-bond donors (Lipinski definition) is 2. The van der Waals surface area contributed by atoms with E-state index in [9.17, 15) is 9.59 Å². The van der Waals surface area contributed by atoms with Gasteiger partial charge in [0.1, 0.15) is 0 Å². The van der Waals surface area contributed by atoms with Crippen LogP contribution in [-0.4, -0.2) is 22.1 Å². The number of benzene rings is 3. The highest BCUT2D eigenvalue weighted by atomic mass is 16.2. The molecule has 1 heterocycles. The van der Waals surface area contributed by atoms with E-state index >= 15 is 0 Å². The standard InChI is InChI=1S/C29H32N4O2/c1-6-33-25-10-8-7-9-23(25)24-18-22(15-16-26(24)33)30-27(34)17-19(2)31-32-28(35)20-11-13-21(14-12-20)29(3,4)5/h7-16,18H,6,17H2,1-5H3,(H,30,34)(H,32,35)/b31-19-. The third-order valence-corrected chi connectivity index (χ3v) is 6.15. The minimum atomic E-state index is -0.303. The lowest BCUT2D eigenvalue weighted by Crippen LogP contribution is -2.21. The van der Waals surface area contributed by atoms with Crippen molar-refractivity contribution in [2.24, 2.45) is 5.10 Å². The highest BCUT2D eigenvalue weighted by Crippen LogP contribution is 2.31. The molecule has 4 rings (SSSR count). The number of anilines is 1. The van der Waals surface area contributed by atoms with E-state index in [2.05, 4.69) is 60.2 Å². The lowest BCUT2D eigenvalue weighted by atomic mass is 9.87. The van der Waals surface area contributed by atoms with Crippen LogP contribution >= 0.6 is 0 Å². The zero-order valence-corrected chi connectivity index (χ0v) is 21.0. The Hall–Kier alpha value is -3.93. The van der Waals surface area contributed by atoms with Gasteiger partial charge in [-0.2, -0.15) is 5.10 Å². The van der Waals surface area contributed by atoms with Gasteiger partial charge in [0.2, 0.25) is 5.91 Å². The maximum Gasteiger partial charge on any atom is 0.271 e. The molecule has 0 aliphatic heterocycles. The molecule has 4 aromatic rings. The SMILES string of the molecule is CCn1c2ccccc2c2cc(NC(=O)C/C(C)=N\NC(=O)c3ccc(C(C)(C)C)cc3)ccc21. The number of rotatable bonds is 6. The molecule has 0 atom stereocenters. The van der Waals surface area contributed by atoms with Crippen molar-refractivity contribution >= 4 is 45.0 Å². The molecule has 2 amide bonds. The largest absolute Gasteiger partial charge is 0.341 e. The van der Waals surface area contributed by atoms with Gasteiger partial charge < -0.3 is 9.88 Å². The summed E-state index contributed by atoms with van der Waals surface area (Å²) in [6.07, 6.45) is 0.0813. The number of carbonyl (C=O) groups excluding carboxylic acids is 2. The van der Waals surface area contributed by atoms with Crippen molar-refractivity contribution in [2.45, 2.75) is 53.0 Å². The molecular weight excluding hydrogens is 436 g/mol. The number of aryl methyl sites for hydroxylation is 1. The highest BCUT2D eigenvalue weighted by molar-refractivity contribution is 6.11. The molecule has 0 aliphatic carbocycles. The van der Waals surface area contributed by atoms with Crippen LogP contribution < -0.4 is 10.7 Å². The van der Waals surface area contributed by atoms with Crippen molar-refractivity contribution in [3.05, 3.63) is 77.9 Å². The summed E-state index contributed by atoms with van der Waals surface area (Å²) in [4.78, 5) is 25.0. The van der Waals surface area contributed by atoms with Crippen LogP contribution in [0.15, 0.2) is 71.8 Å². The number of carbonyl (C=O) groups is 2. The Morgan fingerprint density at radius 2 is 1.60 bits per heavy atom. The molecule has 1 aromatic heterocycles. The van der Waals surface area contributed by atoms with Gasteiger partial charge in [-0.1, -0.05) is 51.1 Å². The van der Waals surface area contributed by atoms with E-state index in [1.165, 1.54) is 5.52 Å². The monoisotopic (exact) mass is 468 g/mol. The van der Waals surface area contributed by atoms with Crippen LogP contribution in [0.1, 0.15) is 57.0 Å². The number of hydrazone groups is 1. The Bertz CT molecular complexity index is 1420. The normalized spacial score (nSPS) is 12.2. The molecular formula is C29H32N4O2. The molecule has 0 unspecified atom stereocenters. The maximum atomic E-state index is 12.6. The first-order chi connectivity index (χ1) is 16.7. The van der Waals surface area contributed by atoms with E-state index in [-0.39, 0.29) is 23.7 Å². The number of fused-ring (bicyclic) bond motifs is 3. The third kappa shape index (κ3) is 5.27. The predicted octanol–water partition coefficient (Wildman–Crippen LogP) is 6.25. The summed E-state index contributed by atoms with van der Waals surface area (Å²) >= 11 is 0. The molecule has 3 aromatic carbocycles. The first-order valence-electron chi connectivity index (χ1n) is 11.9. The zero-order chi connectivity index (χ0) is 25.2. The second-order valence-corrected chi connectivity index (χ2v) is 9.83. The molecule has 35 heavy (non-hydrogen) atoms. The topological polar surface area (TPSA) is 75.5 Å². The smallest absolute Gasteiger partial charge is 0.271 e. The van der Waals surface area contributed by atoms with Gasteiger partial charge in [-0.05, 0) is 61.2 Å². The third-order valence-electron chi connectivity index (χ3n) is 6.15. The molecule has 0 bridgehead atoms. The second kappa shape index (κ2) is 9.74. The molecule has 0 radical (unpaired) electrons. The van der Waals surface area contributed by atoms with E-state index in [4.69, 9.17) is 0 Å². The first-order valence-corrected chi connectivity index (χ1v) is 11.9. The van der Waals surface area contributed by atoms with Gasteiger partial charge in [0, 0.05) is 45.3 Å². The van der Waals surface area contributed by atoms with Gasteiger partial charge in [-0.25, -0.2) is 5.43 Å². The number of amides is 2. The van der Waals surface area contributed by atoms with Crippen LogP contribution in [0.2, 0.25) is 0 Å². The van der Waals surface area contributed by atoms with Gasteiger partial charge in [0.05, 0.1) is 6.42 Å². The fraction of sp³-hybridized carbons (Fsp3) is 0.276. The quantitative estimate of drug-likeness (QED) is 0.259. The number of nitrogens with zero attached hydrogens (tertiary/aromatic N) is 2. The van der Waals surface area contributed by atoms with Crippen LogP contribution in [0.3, 0.4) is 0 Å². The Balaban J connectivity index is 1.40. The Morgan fingerprint density at radius 3 is 2.29 bits per heavy atom. The van der Waals surface area contributed by atoms with Crippen molar-refractivity contribution in [2.75, 3.05) is 5.32 Å². The van der Waals surface area contributed by atoms with Gasteiger partial charge >= 0.3 is 0 Å². The van der Waals surface area contributed by atoms with E-state index in [0.29, 0.717) is 11.3 Å². The van der Waals surface area contributed by atoms with Crippen LogP contribution in [0.5, 0.6) is 0 Å². The molecule has 6 heteroatoms. The highest BCUT2D eigenvalue weighted by Gasteiger charge is 2.15. The van der Waals surface area contributed by atoms with Crippen LogP contribution in [0.25, 0.3) is 21.8 Å². The van der Waals surface area contributed by atoms with Gasteiger partial charge in [-0.3, -0.25) is 9.59 Å². The van der Waals surface area contributed by atoms with Gasteiger partial charge in [-0.15, -0.1) is 0 Å². The zero-order valence-electron chi connectivity index (χ0n) is 21.0. The molecule has 6 nitrogen and oxygen atoms in total. The summed E-state index contributed by atoms with van der Waals surface area (Å²) in [5, 5.41) is 9.34. The van der Waals surface area contributed by atoms with E-state index < -0.39 is 0 Å². The van der Waals surface area contributed by atoms with Crippen molar-refractivity contribution in [3.8, 4) is 0 Å². The van der Waals surface area contributed by atoms with Crippen molar-refractivity contribution < 1.29 is 9.59 Å². The van der Waals surface area contributed by atoms with Crippen molar-refractivity contribution in [1.29, 1.82) is 0 Å². The number of hydrogen-bond acceptors (Lipinski definition) is 3. The van der Waals surface area contributed by atoms with Crippen LogP contribution in [-0.2, 0) is 16.8 Å². The summed E-state index contributed by atoms with van der Waals surface area (Å²) in [6.45, 7) is 11.1. The molecule has 180 valence electrons. The average molecular weight is 469 g/mol. The fourth-order valence-electron chi connectivity index (χ4n) is 4.28. The van der Waals surface area contributed by atoms with E-state index in [0.717, 1.165) is 34.1 Å². The fourth-order valence-corrected chi connectivity index (χ4v) is 4.28. The van der Waals surface area contributed by atoms with E-state index in [1.807, 2.05) is 42.5 Å². The minimum absolute atomic E-state index is 0.0225. The molecule has 0 aliphatic rings. The molecule has 0 saturated heterocycles. The van der Waals surface area contributed by atoms with Crippen LogP contribution in [0.4, 0.5) is 5.69 Å². The van der Waals surface area contributed by atoms with Crippen molar-refractivity contribution in [3.63, 3.8) is 0 Å². The number of nitrogens with one attached hydrogen (secondary N) is 2. The summed E-state index contributed by atoms with van der Waals surface area (Å²) in [5.41, 5.74) is 7.83. The summed E-state index contributed by atoms with van der Waals surface area (Å²) in [5.74, 6) is -0.489. The Kier molecular flexibility index (Phi) is 6.74. The summed E-state index contributed by atoms with van der Waals surface area (Å²) < 4.78 is 2.27. The van der Waals surface area contributed by atoms with Gasteiger partial charge in [0.15, 0.2) is 0 Å². The molecule has 0 saturated carbocycles. The number of para-hydroxylation sites is 1. The lowest BCUT2D eigenvalue weighted by molar-refractivity contribution is -0.115. The summed E-state index contributed by atoms with van der Waals surface area (Å²) in [6, 6.07) is 21.7.